The van der Waals surface area contributed by atoms with Crippen LogP contribution in [0.5, 0.6) is 0 Å². The van der Waals surface area contributed by atoms with Crippen LogP contribution < -0.4 is 0 Å². The molecule has 62 valence electrons. The smallest absolute Gasteiger partial charge is 0.0109 e. The fourth-order valence-electron chi connectivity index (χ4n) is 1.07. The number of hydrogen-bond acceptors (Lipinski definition) is 0. The maximum Gasteiger partial charge on any atom is 0.0109 e. The molecule has 0 aliphatic rings. The quantitative estimate of drug-likeness (QED) is 0.379. The molecule has 0 aromatic carbocycles. The van der Waals surface area contributed by atoms with Crippen molar-refractivity contribution in [2.45, 2.75) is 56.3 Å². The molecule has 0 fully saturated rings. The minimum Gasteiger partial charge on any atom is -0.0826 e. The number of rotatable bonds is 6. The van der Waals surface area contributed by atoms with Crippen molar-refractivity contribution in [3.05, 3.63) is 0 Å². The topological polar surface area (TPSA) is 0 Å². The van der Waals surface area contributed by atoms with E-state index in [2.05, 4.69) is 36.4 Å². The number of halogens is 1. The van der Waals surface area contributed by atoms with Crippen molar-refractivity contribution in [3.63, 3.8) is 0 Å². The van der Waals surface area contributed by atoms with Crippen LogP contribution in [-0.4, -0.2) is 3.92 Å². The van der Waals surface area contributed by atoms with Crippen LogP contribution in [0.25, 0.3) is 0 Å². The van der Waals surface area contributed by atoms with Crippen molar-refractivity contribution < 1.29 is 0 Å². The second kappa shape index (κ2) is 7.83. The Morgan fingerprint density at radius 3 is 2.20 bits per heavy atom. The highest BCUT2D eigenvalue weighted by Gasteiger charge is 2.00. The monoisotopic (exact) mass is 254 g/mol. The number of hydrogen-bond donors (Lipinski definition) is 0. The van der Waals surface area contributed by atoms with Crippen LogP contribution in [0, 0.1) is 0 Å². The third kappa shape index (κ3) is 6.84. The molecule has 0 aliphatic heterocycles. The van der Waals surface area contributed by atoms with E-state index < -0.39 is 0 Å². The molecule has 0 saturated carbocycles. The Labute approximate surface area is 78.9 Å². The highest BCUT2D eigenvalue weighted by Crippen LogP contribution is 2.16. The molecule has 10 heavy (non-hydrogen) atoms. The Balaban J connectivity index is 2.97. The third-order valence-corrected chi connectivity index (χ3v) is 2.97. The fourth-order valence-corrected chi connectivity index (χ4v) is 2.14. The standard InChI is InChI=1S/C9H19I/c1-3-5-6-8-9(10)7-4-2/h9H,3-8H2,1-2H3/t9-/m1/s1. The van der Waals surface area contributed by atoms with Gasteiger partial charge in [0, 0.05) is 3.92 Å². The summed E-state index contributed by atoms with van der Waals surface area (Å²) in [5, 5.41) is 0. The normalized spacial score (nSPS) is 13.5. The first-order chi connectivity index (χ1) is 4.81. The first-order valence-electron chi connectivity index (χ1n) is 4.45. The summed E-state index contributed by atoms with van der Waals surface area (Å²) < 4.78 is 0.939. The Bertz CT molecular complexity index is 61.7. The molecule has 1 atom stereocenters. The van der Waals surface area contributed by atoms with Gasteiger partial charge in [-0.2, -0.15) is 0 Å². The van der Waals surface area contributed by atoms with Gasteiger partial charge in [0.15, 0.2) is 0 Å². The molecule has 0 radical (unpaired) electrons. The largest absolute Gasteiger partial charge is 0.0826 e. The highest BCUT2D eigenvalue weighted by molar-refractivity contribution is 14.1. The zero-order valence-corrected chi connectivity index (χ0v) is 9.36. The van der Waals surface area contributed by atoms with E-state index in [1.54, 1.807) is 0 Å². The summed E-state index contributed by atoms with van der Waals surface area (Å²) in [6.07, 6.45) is 8.40. The molecule has 0 amide bonds. The lowest BCUT2D eigenvalue weighted by Gasteiger charge is -2.06. The van der Waals surface area contributed by atoms with E-state index in [9.17, 15) is 0 Å². The lowest BCUT2D eigenvalue weighted by Crippen LogP contribution is -1.95. The first kappa shape index (κ1) is 10.7. The van der Waals surface area contributed by atoms with E-state index in [0.717, 1.165) is 3.92 Å². The molecule has 0 aliphatic carbocycles. The summed E-state index contributed by atoms with van der Waals surface area (Å²) >= 11 is 2.58. The molecule has 0 spiro atoms. The minimum absolute atomic E-state index is 0.939. The van der Waals surface area contributed by atoms with Crippen LogP contribution in [0.1, 0.15) is 52.4 Å². The van der Waals surface area contributed by atoms with E-state index in [0.29, 0.717) is 0 Å². The van der Waals surface area contributed by atoms with Crippen LogP contribution in [0.15, 0.2) is 0 Å². The van der Waals surface area contributed by atoms with E-state index >= 15 is 0 Å². The summed E-state index contributed by atoms with van der Waals surface area (Å²) in [7, 11) is 0. The zero-order valence-electron chi connectivity index (χ0n) is 7.20. The summed E-state index contributed by atoms with van der Waals surface area (Å²) in [5.41, 5.74) is 0. The van der Waals surface area contributed by atoms with Gasteiger partial charge >= 0.3 is 0 Å². The molecular weight excluding hydrogens is 235 g/mol. The van der Waals surface area contributed by atoms with Crippen LogP contribution >= 0.6 is 22.6 Å². The van der Waals surface area contributed by atoms with E-state index in [4.69, 9.17) is 0 Å². The Morgan fingerprint density at radius 2 is 1.70 bits per heavy atom. The highest BCUT2D eigenvalue weighted by atomic mass is 127. The second-order valence-corrected chi connectivity index (χ2v) is 4.64. The zero-order chi connectivity index (χ0) is 7.82. The second-order valence-electron chi connectivity index (χ2n) is 2.88. The van der Waals surface area contributed by atoms with Gasteiger partial charge in [0.25, 0.3) is 0 Å². The molecule has 0 bridgehead atoms. The van der Waals surface area contributed by atoms with Crippen molar-refractivity contribution in [3.8, 4) is 0 Å². The summed E-state index contributed by atoms with van der Waals surface area (Å²) in [4.78, 5) is 0. The van der Waals surface area contributed by atoms with Crippen molar-refractivity contribution in [2.75, 3.05) is 0 Å². The summed E-state index contributed by atoms with van der Waals surface area (Å²) in [5.74, 6) is 0. The average molecular weight is 254 g/mol. The Kier molecular flexibility index (Phi) is 8.40. The summed E-state index contributed by atoms with van der Waals surface area (Å²) in [6.45, 7) is 4.54. The molecule has 0 heterocycles. The molecule has 0 unspecified atom stereocenters. The molecule has 0 aromatic rings. The van der Waals surface area contributed by atoms with Gasteiger partial charge in [-0.1, -0.05) is 62.1 Å². The van der Waals surface area contributed by atoms with E-state index in [-0.39, 0.29) is 0 Å². The number of unbranched alkanes of at least 4 members (excludes halogenated alkanes) is 2. The maximum atomic E-state index is 2.58. The van der Waals surface area contributed by atoms with Gasteiger partial charge in [-0.15, -0.1) is 0 Å². The van der Waals surface area contributed by atoms with Crippen molar-refractivity contribution in [2.24, 2.45) is 0 Å². The van der Waals surface area contributed by atoms with Crippen LogP contribution in [0.2, 0.25) is 0 Å². The van der Waals surface area contributed by atoms with Crippen molar-refractivity contribution in [1.29, 1.82) is 0 Å². The van der Waals surface area contributed by atoms with Gasteiger partial charge in [0.2, 0.25) is 0 Å². The van der Waals surface area contributed by atoms with Gasteiger partial charge in [0.05, 0.1) is 0 Å². The molecular formula is C9H19I. The SMILES string of the molecule is CCCCC[C@H](I)CCC. The maximum absolute atomic E-state index is 2.58. The van der Waals surface area contributed by atoms with Crippen molar-refractivity contribution >= 4 is 22.6 Å². The molecule has 0 saturated heterocycles. The first-order valence-corrected chi connectivity index (χ1v) is 5.69. The Hall–Kier alpha value is 0.730. The van der Waals surface area contributed by atoms with Gasteiger partial charge in [-0.05, 0) is 12.8 Å². The lowest BCUT2D eigenvalue weighted by atomic mass is 10.1. The van der Waals surface area contributed by atoms with Gasteiger partial charge in [-0.25, -0.2) is 0 Å². The minimum atomic E-state index is 0.939. The molecule has 0 rings (SSSR count). The van der Waals surface area contributed by atoms with Crippen LogP contribution in [0.4, 0.5) is 0 Å². The van der Waals surface area contributed by atoms with Crippen LogP contribution in [-0.2, 0) is 0 Å². The predicted molar refractivity (Wildman–Crippen MR) is 56.9 cm³/mol. The van der Waals surface area contributed by atoms with Gasteiger partial charge < -0.3 is 0 Å². The van der Waals surface area contributed by atoms with Crippen LogP contribution in [0.3, 0.4) is 0 Å². The molecule has 0 nitrogen and oxygen atoms in total. The molecule has 0 aromatic heterocycles. The Morgan fingerprint density at radius 1 is 1.00 bits per heavy atom. The third-order valence-electron chi connectivity index (χ3n) is 1.72. The molecule has 1 heteroatoms. The molecule has 0 N–H and O–H groups in total. The van der Waals surface area contributed by atoms with Gasteiger partial charge in [0.1, 0.15) is 0 Å². The predicted octanol–water partition coefficient (Wildman–Crippen LogP) is 4.17. The fraction of sp³-hybridized carbons (Fsp3) is 1.00. The van der Waals surface area contributed by atoms with E-state index in [1.807, 2.05) is 0 Å². The van der Waals surface area contributed by atoms with Crippen molar-refractivity contribution in [1.82, 2.24) is 0 Å². The lowest BCUT2D eigenvalue weighted by molar-refractivity contribution is 0.627. The van der Waals surface area contributed by atoms with E-state index in [1.165, 1.54) is 38.5 Å². The van der Waals surface area contributed by atoms with Gasteiger partial charge in [-0.3, -0.25) is 0 Å². The summed E-state index contributed by atoms with van der Waals surface area (Å²) in [6, 6.07) is 0. The number of alkyl halides is 1. The average Bonchev–Trinajstić information content (AvgIpc) is 1.89.